The predicted octanol–water partition coefficient (Wildman–Crippen LogP) is 3.15. The maximum Gasteiger partial charge on any atom is 0.305 e. The molecule has 0 spiro atoms. The van der Waals surface area contributed by atoms with Crippen LogP contribution in [0.15, 0.2) is 34.9 Å². The Hall–Kier alpha value is -2.10. The summed E-state index contributed by atoms with van der Waals surface area (Å²) in [6.07, 6.45) is 3.48. The number of aryl methyl sites for hydroxylation is 2. The minimum Gasteiger partial charge on any atom is -0.469 e. The van der Waals surface area contributed by atoms with Gasteiger partial charge in [-0.1, -0.05) is 17.7 Å². The van der Waals surface area contributed by atoms with Crippen LogP contribution in [0.4, 0.5) is 0 Å². The fourth-order valence-electron chi connectivity index (χ4n) is 1.85. The molecule has 0 N–H and O–H groups in total. The van der Waals surface area contributed by atoms with Gasteiger partial charge in [-0.25, -0.2) is 4.98 Å². The molecule has 1 heterocycles. The molecule has 0 radical (unpaired) electrons. The summed E-state index contributed by atoms with van der Waals surface area (Å²) in [5.74, 6) is 0.430. The van der Waals surface area contributed by atoms with Crippen molar-refractivity contribution in [3.63, 3.8) is 0 Å². The van der Waals surface area contributed by atoms with Gasteiger partial charge in [-0.3, -0.25) is 4.79 Å². The molecule has 19 heavy (non-hydrogen) atoms. The van der Waals surface area contributed by atoms with Gasteiger partial charge in [0.15, 0.2) is 0 Å². The number of esters is 1. The average Bonchev–Trinajstić information content (AvgIpc) is 2.87. The Bertz CT molecular complexity index is 560. The van der Waals surface area contributed by atoms with E-state index in [9.17, 15) is 4.79 Å². The lowest BCUT2D eigenvalue weighted by Crippen LogP contribution is -2.00. The van der Waals surface area contributed by atoms with Gasteiger partial charge in [0.1, 0.15) is 6.26 Å². The van der Waals surface area contributed by atoms with Crippen molar-refractivity contribution in [2.45, 2.75) is 26.2 Å². The van der Waals surface area contributed by atoms with E-state index < -0.39 is 0 Å². The van der Waals surface area contributed by atoms with Crippen LogP contribution < -0.4 is 0 Å². The lowest BCUT2D eigenvalue weighted by Gasteiger charge is -1.97. The highest BCUT2D eigenvalue weighted by Crippen LogP contribution is 2.20. The third-order valence-electron chi connectivity index (χ3n) is 2.86. The summed E-state index contributed by atoms with van der Waals surface area (Å²) in [5.41, 5.74) is 3.00. The smallest absolute Gasteiger partial charge is 0.305 e. The van der Waals surface area contributed by atoms with Gasteiger partial charge in [0, 0.05) is 12.0 Å². The van der Waals surface area contributed by atoms with E-state index in [2.05, 4.69) is 9.72 Å². The number of carbonyl (C=O) groups is 1. The summed E-state index contributed by atoms with van der Waals surface area (Å²) in [6.45, 7) is 2.03. The number of benzene rings is 1. The summed E-state index contributed by atoms with van der Waals surface area (Å²) in [7, 11) is 1.40. The molecule has 0 atom stereocenters. The number of carbonyl (C=O) groups excluding carboxylic acids is 1. The zero-order chi connectivity index (χ0) is 13.7. The lowest BCUT2D eigenvalue weighted by atomic mass is 10.1. The summed E-state index contributed by atoms with van der Waals surface area (Å²) < 4.78 is 10.1. The van der Waals surface area contributed by atoms with Crippen LogP contribution in [0.1, 0.15) is 24.1 Å². The van der Waals surface area contributed by atoms with Gasteiger partial charge in [0.25, 0.3) is 0 Å². The molecule has 0 aliphatic rings. The van der Waals surface area contributed by atoms with E-state index in [1.54, 1.807) is 6.26 Å². The predicted molar refractivity (Wildman–Crippen MR) is 71.6 cm³/mol. The number of ether oxygens (including phenoxy) is 1. The molecule has 0 saturated carbocycles. The van der Waals surface area contributed by atoms with Crippen molar-refractivity contribution in [2.75, 3.05) is 7.11 Å². The molecule has 0 saturated heterocycles. The van der Waals surface area contributed by atoms with Crippen LogP contribution in [0.25, 0.3) is 11.5 Å². The van der Waals surface area contributed by atoms with Gasteiger partial charge >= 0.3 is 5.97 Å². The van der Waals surface area contributed by atoms with E-state index >= 15 is 0 Å². The number of hydrogen-bond donors (Lipinski definition) is 0. The maximum absolute atomic E-state index is 11.0. The van der Waals surface area contributed by atoms with E-state index in [0.717, 1.165) is 11.3 Å². The van der Waals surface area contributed by atoms with Crippen molar-refractivity contribution < 1.29 is 13.9 Å². The second-order valence-electron chi connectivity index (χ2n) is 4.44. The fourth-order valence-corrected chi connectivity index (χ4v) is 1.85. The molecular weight excluding hydrogens is 242 g/mol. The minimum atomic E-state index is -0.192. The molecule has 100 valence electrons. The molecule has 0 aliphatic carbocycles. The van der Waals surface area contributed by atoms with E-state index in [4.69, 9.17) is 4.42 Å². The number of oxazole rings is 1. The summed E-state index contributed by atoms with van der Waals surface area (Å²) in [5, 5.41) is 0. The van der Waals surface area contributed by atoms with Crippen molar-refractivity contribution in [3.05, 3.63) is 41.8 Å². The molecule has 1 aromatic heterocycles. The molecule has 0 amide bonds. The second-order valence-corrected chi connectivity index (χ2v) is 4.44. The monoisotopic (exact) mass is 259 g/mol. The highest BCUT2D eigenvalue weighted by Gasteiger charge is 2.07. The lowest BCUT2D eigenvalue weighted by molar-refractivity contribution is -0.140. The first-order chi connectivity index (χ1) is 9.19. The third kappa shape index (κ3) is 3.68. The molecule has 2 rings (SSSR count). The molecule has 1 aromatic carbocycles. The minimum absolute atomic E-state index is 0.192. The summed E-state index contributed by atoms with van der Waals surface area (Å²) in [6, 6.07) is 8.01. The number of rotatable bonds is 5. The number of hydrogen-bond acceptors (Lipinski definition) is 4. The van der Waals surface area contributed by atoms with Crippen molar-refractivity contribution in [1.29, 1.82) is 0 Å². The van der Waals surface area contributed by atoms with Crippen molar-refractivity contribution >= 4 is 5.97 Å². The van der Waals surface area contributed by atoms with Crippen LogP contribution in [0.3, 0.4) is 0 Å². The van der Waals surface area contributed by atoms with Crippen LogP contribution in [0.5, 0.6) is 0 Å². The Morgan fingerprint density at radius 1 is 1.42 bits per heavy atom. The van der Waals surface area contributed by atoms with E-state index in [0.29, 0.717) is 25.2 Å². The first-order valence-corrected chi connectivity index (χ1v) is 6.27. The van der Waals surface area contributed by atoms with Crippen molar-refractivity contribution in [1.82, 2.24) is 4.98 Å². The quantitative estimate of drug-likeness (QED) is 0.774. The fraction of sp³-hybridized carbons (Fsp3) is 0.333. The van der Waals surface area contributed by atoms with Crippen LogP contribution in [0, 0.1) is 6.92 Å². The van der Waals surface area contributed by atoms with Gasteiger partial charge in [0.2, 0.25) is 5.89 Å². The Morgan fingerprint density at radius 3 is 3.00 bits per heavy atom. The number of nitrogens with zero attached hydrogens (tertiary/aromatic N) is 1. The Balaban J connectivity index is 1.97. The highest BCUT2D eigenvalue weighted by molar-refractivity contribution is 5.69. The molecule has 0 aliphatic heterocycles. The summed E-state index contributed by atoms with van der Waals surface area (Å²) in [4.78, 5) is 15.4. The van der Waals surface area contributed by atoms with Crippen LogP contribution in [0.2, 0.25) is 0 Å². The largest absolute Gasteiger partial charge is 0.469 e. The van der Waals surface area contributed by atoms with E-state index in [-0.39, 0.29) is 5.97 Å². The van der Waals surface area contributed by atoms with Crippen LogP contribution >= 0.6 is 0 Å². The molecule has 4 nitrogen and oxygen atoms in total. The first-order valence-electron chi connectivity index (χ1n) is 6.27. The van der Waals surface area contributed by atoms with Gasteiger partial charge in [0.05, 0.1) is 12.8 Å². The van der Waals surface area contributed by atoms with E-state index in [1.165, 1.54) is 12.7 Å². The zero-order valence-corrected chi connectivity index (χ0v) is 11.2. The Labute approximate surface area is 112 Å². The first kappa shape index (κ1) is 13.3. The average molecular weight is 259 g/mol. The Morgan fingerprint density at radius 2 is 2.26 bits per heavy atom. The Kier molecular flexibility index (Phi) is 4.34. The topological polar surface area (TPSA) is 52.3 Å². The van der Waals surface area contributed by atoms with Gasteiger partial charge in [-0.05, 0) is 31.9 Å². The number of methoxy groups -OCH3 is 1. The van der Waals surface area contributed by atoms with Gasteiger partial charge in [-0.2, -0.15) is 0 Å². The van der Waals surface area contributed by atoms with Gasteiger partial charge in [-0.15, -0.1) is 0 Å². The molecule has 2 aromatic rings. The molecule has 0 fully saturated rings. The van der Waals surface area contributed by atoms with Crippen LogP contribution in [-0.2, 0) is 16.0 Å². The summed E-state index contributed by atoms with van der Waals surface area (Å²) >= 11 is 0. The highest BCUT2D eigenvalue weighted by atomic mass is 16.5. The van der Waals surface area contributed by atoms with E-state index in [1.807, 2.05) is 31.2 Å². The van der Waals surface area contributed by atoms with Crippen molar-refractivity contribution in [3.8, 4) is 11.5 Å². The molecule has 0 unspecified atom stereocenters. The zero-order valence-electron chi connectivity index (χ0n) is 11.2. The number of aromatic nitrogens is 1. The molecule has 4 heteroatoms. The normalized spacial score (nSPS) is 10.4. The second kappa shape index (κ2) is 6.18. The molecular formula is C15H17NO3. The maximum atomic E-state index is 11.0. The van der Waals surface area contributed by atoms with Crippen LogP contribution in [-0.4, -0.2) is 18.1 Å². The molecule has 0 bridgehead atoms. The third-order valence-corrected chi connectivity index (χ3v) is 2.86. The van der Waals surface area contributed by atoms with Gasteiger partial charge < -0.3 is 9.15 Å². The van der Waals surface area contributed by atoms with Crippen molar-refractivity contribution in [2.24, 2.45) is 0 Å². The standard InChI is InChI=1S/C15H17NO3/c1-11-5-3-6-12(9-11)15-16-13(10-19-15)7-4-8-14(17)18-2/h3,5-6,9-10H,4,7-8H2,1-2H3. The SMILES string of the molecule is COC(=O)CCCc1coc(-c2cccc(C)c2)n1.